The quantitative estimate of drug-likeness (QED) is 0.914. The highest BCUT2D eigenvalue weighted by Crippen LogP contribution is 2.40. The molecule has 0 saturated heterocycles. The number of nitrogens with two attached hydrogens (primary N) is 1. The highest BCUT2D eigenvalue weighted by molar-refractivity contribution is 9.10. The van der Waals surface area contributed by atoms with Gasteiger partial charge >= 0.3 is 0 Å². The van der Waals surface area contributed by atoms with Crippen molar-refractivity contribution < 1.29 is 4.39 Å². The standard InChI is InChI=1S/C14H13BrFN3/c1-7-12(9-3-2-4-10(15)11(9)16)18-14(8-5-6-8)19-13(7)17/h2-4,8H,5-6H2,1H3,(H2,17,18,19). The molecule has 1 aromatic carbocycles. The van der Waals surface area contributed by atoms with Crippen LogP contribution < -0.4 is 5.73 Å². The van der Waals surface area contributed by atoms with Crippen LogP contribution in [0.2, 0.25) is 0 Å². The molecule has 0 aliphatic heterocycles. The summed E-state index contributed by atoms with van der Waals surface area (Å²) in [4.78, 5) is 8.82. The van der Waals surface area contributed by atoms with Gasteiger partial charge in [0, 0.05) is 17.0 Å². The minimum absolute atomic E-state index is 0.314. The fourth-order valence-electron chi connectivity index (χ4n) is 2.02. The van der Waals surface area contributed by atoms with Crippen molar-refractivity contribution in [2.24, 2.45) is 0 Å². The van der Waals surface area contributed by atoms with Crippen molar-refractivity contribution in [1.82, 2.24) is 9.97 Å². The summed E-state index contributed by atoms with van der Waals surface area (Å²) in [5.74, 6) is 1.24. The van der Waals surface area contributed by atoms with E-state index in [1.54, 1.807) is 18.2 Å². The van der Waals surface area contributed by atoms with Crippen LogP contribution >= 0.6 is 15.9 Å². The Balaban J connectivity index is 2.20. The Hall–Kier alpha value is -1.49. The van der Waals surface area contributed by atoms with Crippen LogP contribution in [-0.4, -0.2) is 9.97 Å². The maximum atomic E-state index is 14.2. The van der Waals surface area contributed by atoms with Crippen LogP contribution in [0.1, 0.15) is 30.1 Å². The van der Waals surface area contributed by atoms with Crippen molar-refractivity contribution in [3.63, 3.8) is 0 Å². The second-order valence-corrected chi connectivity index (χ2v) is 5.67. The Kier molecular flexibility index (Phi) is 3.01. The molecule has 0 atom stereocenters. The monoisotopic (exact) mass is 321 g/mol. The van der Waals surface area contributed by atoms with Crippen LogP contribution in [0.25, 0.3) is 11.3 Å². The van der Waals surface area contributed by atoms with Crippen molar-refractivity contribution in [3.8, 4) is 11.3 Å². The zero-order valence-corrected chi connectivity index (χ0v) is 12.0. The van der Waals surface area contributed by atoms with E-state index in [4.69, 9.17) is 5.73 Å². The summed E-state index contributed by atoms with van der Waals surface area (Å²) in [6.45, 7) is 1.82. The Bertz CT molecular complexity index is 653. The zero-order chi connectivity index (χ0) is 13.6. The summed E-state index contributed by atoms with van der Waals surface area (Å²) in [6.07, 6.45) is 2.17. The smallest absolute Gasteiger partial charge is 0.146 e. The van der Waals surface area contributed by atoms with E-state index in [2.05, 4.69) is 25.9 Å². The summed E-state index contributed by atoms with van der Waals surface area (Å²) < 4.78 is 14.6. The molecule has 0 unspecified atom stereocenters. The lowest BCUT2D eigenvalue weighted by atomic mass is 10.1. The zero-order valence-electron chi connectivity index (χ0n) is 10.5. The number of aromatic nitrogens is 2. The van der Waals surface area contributed by atoms with E-state index in [1.165, 1.54) is 0 Å². The van der Waals surface area contributed by atoms with Crippen molar-refractivity contribution >= 4 is 21.7 Å². The predicted octanol–water partition coefficient (Wildman–Crippen LogP) is 3.81. The Morgan fingerprint density at radius 1 is 1.32 bits per heavy atom. The summed E-state index contributed by atoms with van der Waals surface area (Å²) >= 11 is 3.20. The van der Waals surface area contributed by atoms with E-state index in [0.29, 0.717) is 27.5 Å². The molecule has 1 aliphatic rings. The summed E-state index contributed by atoms with van der Waals surface area (Å²) in [5.41, 5.74) is 7.70. The van der Waals surface area contributed by atoms with Gasteiger partial charge in [-0.25, -0.2) is 14.4 Å². The molecule has 5 heteroatoms. The van der Waals surface area contributed by atoms with E-state index in [0.717, 1.165) is 24.2 Å². The molecule has 0 radical (unpaired) electrons. The van der Waals surface area contributed by atoms with Crippen LogP contribution in [0.4, 0.5) is 10.2 Å². The number of nitrogens with zero attached hydrogens (tertiary/aromatic N) is 2. The highest BCUT2D eigenvalue weighted by Gasteiger charge is 2.28. The van der Waals surface area contributed by atoms with E-state index in [9.17, 15) is 4.39 Å². The van der Waals surface area contributed by atoms with E-state index in [-0.39, 0.29) is 5.82 Å². The number of anilines is 1. The minimum Gasteiger partial charge on any atom is -0.383 e. The number of hydrogen-bond acceptors (Lipinski definition) is 3. The van der Waals surface area contributed by atoms with Crippen molar-refractivity contribution in [2.75, 3.05) is 5.73 Å². The third kappa shape index (κ3) is 2.23. The first-order valence-corrected chi connectivity index (χ1v) is 6.95. The molecule has 98 valence electrons. The molecule has 3 nitrogen and oxygen atoms in total. The van der Waals surface area contributed by atoms with Crippen molar-refractivity contribution in [1.29, 1.82) is 0 Å². The molecule has 0 spiro atoms. The minimum atomic E-state index is -0.314. The van der Waals surface area contributed by atoms with Crippen LogP contribution in [0.15, 0.2) is 22.7 Å². The number of benzene rings is 1. The summed E-state index contributed by atoms with van der Waals surface area (Å²) in [7, 11) is 0. The average Bonchev–Trinajstić information content (AvgIpc) is 3.20. The predicted molar refractivity (Wildman–Crippen MR) is 76.3 cm³/mol. The first-order valence-electron chi connectivity index (χ1n) is 6.16. The lowest BCUT2D eigenvalue weighted by Crippen LogP contribution is -2.05. The Morgan fingerprint density at radius 3 is 2.74 bits per heavy atom. The largest absolute Gasteiger partial charge is 0.383 e. The number of rotatable bonds is 2. The van der Waals surface area contributed by atoms with Gasteiger partial charge in [-0.2, -0.15) is 0 Å². The van der Waals surface area contributed by atoms with E-state index >= 15 is 0 Å². The number of nitrogen functional groups attached to an aromatic ring is 1. The van der Waals surface area contributed by atoms with Gasteiger partial charge in [0.1, 0.15) is 17.5 Å². The molecule has 0 amide bonds. The number of halogens is 2. The van der Waals surface area contributed by atoms with Gasteiger partial charge in [-0.15, -0.1) is 0 Å². The van der Waals surface area contributed by atoms with Crippen LogP contribution in [0, 0.1) is 12.7 Å². The van der Waals surface area contributed by atoms with Crippen molar-refractivity contribution in [3.05, 3.63) is 39.9 Å². The first-order chi connectivity index (χ1) is 9.08. The maximum Gasteiger partial charge on any atom is 0.146 e. The van der Waals surface area contributed by atoms with Gasteiger partial charge in [-0.05, 0) is 47.8 Å². The van der Waals surface area contributed by atoms with E-state index < -0.39 is 0 Å². The molecular formula is C14H13BrFN3. The highest BCUT2D eigenvalue weighted by atomic mass is 79.9. The van der Waals surface area contributed by atoms with Gasteiger partial charge < -0.3 is 5.73 Å². The van der Waals surface area contributed by atoms with Crippen LogP contribution in [0.5, 0.6) is 0 Å². The molecule has 1 saturated carbocycles. The molecule has 3 rings (SSSR count). The van der Waals surface area contributed by atoms with Gasteiger partial charge in [0.25, 0.3) is 0 Å². The van der Waals surface area contributed by atoms with Crippen molar-refractivity contribution in [2.45, 2.75) is 25.7 Å². The fourth-order valence-corrected chi connectivity index (χ4v) is 2.39. The average molecular weight is 322 g/mol. The molecular weight excluding hydrogens is 309 g/mol. The third-order valence-corrected chi connectivity index (χ3v) is 3.96. The van der Waals surface area contributed by atoms with Crippen LogP contribution in [-0.2, 0) is 0 Å². The maximum absolute atomic E-state index is 14.2. The SMILES string of the molecule is Cc1c(N)nc(C2CC2)nc1-c1cccc(Br)c1F. The van der Waals surface area contributed by atoms with E-state index in [1.807, 2.05) is 6.92 Å². The second kappa shape index (κ2) is 4.56. The van der Waals surface area contributed by atoms with Gasteiger partial charge in [-0.1, -0.05) is 6.07 Å². The fraction of sp³-hybridized carbons (Fsp3) is 0.286. The topological polar surface area (TPSA) is 51.8 Å². The van der Waals surface area contributed by atoms with Gasteiger partial charge in [0.15, 0.2) is 0 Å². The molecule has 1 aromatic heterocycles. The van der Waals surface area contributed by atoms with Crippen LogP contribution in [0.3, 0.4) is 0 Å². The molecule has 1 aliphatic carbocycles. The Morgan fingerprint density at radius 2 is 2.05 bits per heavy atom. The Labute approximate surface area is 119 Å². The second-order valence-electron chi connectivity index (χ2n) is 4.82. The molecule has 2 N–H and O–H groups in total. The first kappa shape index (κ1) is 12.5. The third-order valence-electron chi connectivity index (χ3n) is 3.35. The normalized spacial score (nSPS) is 14.7. The molecule has 1 fully saturated rings. The molecule has 0 bridgehead atoms. The molecule has 19 heavy (non-hydrogen) atoms. The van der Waals surface area contributed by atoms with Gasteiger partial charge in [0.05, 0.1) is 10.2 Å². The molecule has 1 heterocycles. The van der Waals surface area contributed by atoms with Gasteiger partial charge in [-0.3, -0.25) is 0 Å². The lowest BCUT2D eigenvalue weighted by Gasteiger charge is -2.11. The molecule has 2 aromatic rings. The summed E-state index contributed by atoms with van der Waals surface area (Å²) in [6, 6.07) is 5.17. The lowest BCUT2D eigenvalue weighted by molar-refractivity contribution is 0.623. The summed E-state index contributed by atoms with van der Waals surface area (Å²) in [5, 5.41) is 0. The number of hydrogen-bond donors (Lipinski definition) is 1. The van der Waals surface area contributed by atoms with Gasteiger partial charge in [0.2, 0.25) is 0 Å².